The normalized spacial score (nSPS) is 21.3. The summed E-state index contributed by atoms with van der Waals surface area (Å²) in [6.07, 6.45) is 8.16. The summed E-state index contributed by atoms with van der Waals surface area (Å²) in [7, 11) is 0. The van der Waals surface area contributed by atoms with Crippen LogP contribution in [0, 0.1) is 11.7 Å². The SMILES string of the molecule is CC(C)CN1CCCN(C(=O)c2ccc(F)cn2)CCNC(=O)CC12CCCCC2. The fourth-order valence-electron chi connectivity index (χ4n) is 4.90. The van der Waals surface area contributed by atoms with Gasteiger partial charge in [-0.05, 0) is 37.3 Å². The van der Waals surface area contributed by atoms with Gasteiger partial charge < -0.3 is 10.2 Å². The van der Waals surface area contributed by atoms with Gasteiger partial charge in [0.05, 0.1) is 6.20 Å². The molecule has 1 aromatic rings. The molecule has 2 amide bonds. The van der Waals surface area contributed by atoms with Crippen molar-refractivity contribution in [2.24, 2.45) is 5.92 Å². The van der Waals surface area contributed by atoms with Crippen molar-refractivity contribution in [1.82, 2.24) is 20.1 Å². The lowest BCUT2D eigenvalue weighted by atomic mass is 9.77. The third-order valence-electron chi connectivity index (χ3n) is 6.32. The van der Waals surface area contributed by atoms with Gasteiger partial charge >= 0.3 is 0 Å². The molecule has 0 bridgehead atoms. The topological polar surface area (TPSA) is 65.5 Å². The number of pyridine rings is 1. The smallest absolute Gasteiger partial charge is 0.272 e. The number of nitrogens with one attached hydrogen (secondary N) is 1. The lowest BCUT2D eigenvalue weighted by molar-refractivity contribution is -0.125. The maximum absolute atomic E-state index is 13.2. The zero-order valence-corrected chi connectivity index (χ0v) is 18.3. The van der Waals surface area contributed by atoms with Crippen molar-refractivity contribution in [2.45, 2.75) is 64.3 Å². The molecule has 30 heavy (non-hydrogen) atoms. The minimum Gasteiger partial charge on any atom is -0.354 e. The first-order valence-corrected chi connectivity index (χ1v) is 11.3. The molecule has 1 aliphatic heterocycles. The maximum atomic E-state index is 13.2. The standard InChI is InChI=1S/C23H35FN4O2/c1-18(2)17-28-13-6-12-27(22(30)20-8-7-19(24)16-26-20)14-11-25-21(29)15-23(28)9-4-3-5-10-23/h7-8,16,18H,3-6,9-15,17H2,1-2H3,(H,25,29). The first-order valence-electron chi connectivity index (χ1n) is 11.3. The molecule has 7 heteroatoms. The third kappa shape index (κ3) is 5.78. The Hall–Kier alpha value is -2.02. The minimum atomic E-state index is -0.460. The monoisotopic (exact) mass is 418 g/mol. The first kappa shape index (κ1) is 22.7. The number of aromatic nitrogens is 1. The number of halogens is 1. The van der Waals surface area contributed by atoms with Crippen LogP contribution >= 0.6 is 0 Å². The summed E-state index contributed by atoms with van der Waals surface area (Å²) >= 11 is 0. The molecule has 2 heterocycles. The summed E-state index contributed by atoms with van der Waals surface area (Å²) in [6, 6.07) is 2.68. The van der Waals surface area contributed by atoms with Gasteiger partial charge in [0.25, 0.3) is 5.91 Å². The van der Waals surface area contributed by atoms with Crippen molar-refractivity contribution in [3.63, 3.8) is 0 Å². The van der Waals surface area contributed by atoms with Crippen LogP contribution in [0.25, 0.3) is 0 Å². The van der Waals surface area contributed by atoms with Gasteiger partial charge in [-0.3, -0.25) is 14.5 Å². The molecule has 0 atom stereocenters. The van der Waals surface area contributed by atoms with E-state index in [2.05, 4.69) is 29.0 Å². The molecule has 1 aliphatic carbocycles. The van der Waals surface area contributed by atoms with Crippen LogP contribution in [0.5, 0.6) is 0 Å². The van der Waals surface area contributed by atoms with Crippen LogP contribution in [0.4, 0.5) is 4.39 Å². The van der Waals surface area contributed by atoms with Crippen LogP contribution in [0.2, 0.25) is 0 Å². The number of hydrogen-bond acceptors (Lipinski definition) is 4. The molecule has 1 N–H and O–H groups in total. The molecular weight excluding hydrogens is 383 g/mol. The fraction of sp³-hybridized carbons (Fsp3) is 0.696. The van der Waals surface area contributed by atoms with Crippen molar-refractivity contribution in [2.75, 3.05) is 32.7 Å². The van der Waals surface area contributed by atoms with E-state index in [-0.39, 0.29) is 23.0 Å². The van der Waals surface area contributed by atoms with E-state index in [9.17, 15) is 14.0 Å². The Labute approximate surface area is 179 Å². The van der Waals surface area contributed by atoms with Crippen LogP contribution < -0.4 is 5.32 Å². The van der Waals surface area contributed by atoms with Crippen molar-refractivity contribution >= 4 is 11.8 Å². The molecule has 166 valence electrons. The molecule has 2 fully saturated rings. The number of carbonyl (C=O) groups excluding carboxylic acids is 2. The molecular formula is C23H35FN4O2. The highest BCUT2D eigenvalue weighted by Crippen LogP contribution is 2.37. The third-order valence-corrected chi connectivity index (χ3v) is 6.32. The molecule has 6 nitrogen and oxygen atoms in total. The van der Waals surface area contributed by atoms with E-state index in [0.29, 0.717) is 32.0 Å². The summed E-state index contributed by atoms with van der Waals surface area (Å²) < 4.78 is 13.2. The molecule has 1 saturated heterocycles. The Morgan fingerprint density at radius 2 is 1.93 bits per heavy atom. The minimum absolute atomic E-state index is 0.0652. The number of hydrogen-bond donors (Lipinski definition) is 1. The van der Waals surface area contributed by atoms with Crippen LogP contribution in [-0.4, -0.2) is 64.9 Å². The van der Waals surface area contributed by atoms with Crippen LogP contribution in [-0.2, 0) is 4.79 Å². The Morgan fingerprint density at radius 3 is 2.60 bits per heavy atom. The average Bonchev–Trinajstić information content (AvgIpc) is 2.74. The molecule has 0 radical (unpaired) electrons. The lowest BCUT2D eigenvalue weighted by Gasteiger charge is -2.47. The van der Waals surface area contributed by atoms with E-state index in [1.54, 1.807) is 4.90 Å². The molecule has 1 aromatic heterocycles. The van der Waals surface area contributed by atoms with Gasteiger partial charge in [-0.15, -0.1) is 0 Å². The van der Waals surface area contributed by atoms with E-state index in [1.165, 1.54) is 31.4 Å². The predicted molar refractivity (Wildman–Crippen MR) is 115 cm³/mol. The molecule has 2 aliphatic rings. The van der Waals surface area contributed by atoms with Crippen molar-refractivity contribution in [3.05, 3.63) is 29.8 Å². The van der Waals surface area contributed by atoms with Crippen molar-refractivity contribution in [3.8, 4) is 0 Å². The second-order valence-electron chi connectivity index (χ2n) is 9.16. The van der Waals surface area contributed by atoms with E-state index >= 15 is 0 Å². The van der Waals surface area contributed by atoms with Crippen molar-refractivity contribution < 1.29 is 14.0 Å². The van der Waals surface area contributed by atoms with Gasteiger partial charge in [-0.1, -0.05) is 33.1 Å². The summed E-state index contributed by atoms with van der Waals surface area (Å²) in [6.45, 7) is 7.72. The molecule has 3 rings (SSSR count). The van der Waals surface area contributed by atoms with Gasteiger partial charge in [0.15, 0.2) is 0 Å². The number of nitrogens with zero attached hydrogens (tertiary/aromatic N) is 3. The van der Waals surface area contributed by atoms with Gasteiger partial charge in [-0.2, -0.15) is 0 Å². The van der Waals surface area contributed by atoms with E-state index in [0.717, 1.165) is 38.5 Å². The Kier molecular flexibility index (Phi) is 7.81. The van der Waals surface area contributed by atoms with Crippen LogP contribution in [0.3, 0.4) is 0 Å². The Morgan fingerprint density at radius 1 is 1.17 bits per heavy atom. The van der Waals surface area contributed by atoms with E-state index < -0.39 is 5.82 Å². The van der Waals surface area contributed by atoms with Crippen LogP contribution in [0.1, 0.15) is 69.3 Å². The number of rotatable bonds is 3. The highest BCUT2D eigenvalue weighted by atomic mass is 19.1. The first-order chi connectivity index (χ1) is 14.4. The van der Waals surface area contributed by atoms with E-state index in [4.69, 9.17) is 0 Å². The predicted octanol–water partition coefficient (Wildman–Crippen LogP) is 3.23. The highest BCUT2D eigenvalue weighted by molar-refractivity contribution is 5.92. The highest BCUT2D eigenvalue weighted by Gasteiger charge is 2.40. The summed E-state index contributed by atoms with van der Waals surface area (Å²) in [5.41, 5.74) is 0.171. The van der Waals surface area contributed by atoms with Gasteiger partial charge in [0.2, 0.25) is 5.91 Å². The second kappa shape index (κ2) is 10.3. The molecule has 1 saturated carbocycles. The number of amides is 2. The quantitative estimate of drug-likeness (QED) is 0.819. The number of carbonyl (C=O) groups is 2. The Balaban J connectivity index is 1.77. The maximum Gasteiger partial charge on any atom is 0.272 e. The zero-order valence-electron chi connectivity index (χ0n) is 18.3. The lowest BCUT2D eigenvalue weighted by Crippen LogP contribution is -2.54. The van der Waals surface area contributed by atoms with E-state index in [1.807, 2.05) is 0 Å². The summed E-state index contributed by atoms with van der Waals surface area (Å²) in [5.74, 6) is -0.0948. The van der Waals surface area contributed by atoms with Gasteiger partial charge in [0, 0.05) is 44.7 Å². The average molecular weight is 419 g/mol. The van der Waals surface area contributed by atoms with Crippen molar-refractivity contribution in [1.29, 1.82) is 0 Å². The molecule has 0 aromatic carbocycles. The molecule has 0 unspecified atom stereocenters. The summed E-state index contributed by atoms with van der Waals surface area (Å²) in [5, 5.41) is 3.03. The zero-order chi connectivity index (χ0) is 21.6. The van der Waals surface area contributed by atoms with Gasteiger partial charge in [0.1, 0.15) is 11.5 Å². The molecule has 1 spiro atoms. The second-order valence-corrected chi connectivity index (χ2v) is 9.16. The van der Waals surface area contributed by atoms with Crippen LogP contribution in [0.15, 0.2) is 18.3 Å². The van der Waals surface area contributed by atoms with Gasteiger partial charge in [-0.25, -0.2) is 9.37 Å². The fourth-order valence-corrected chi connectivity index (χ4v) is 4.90. The summed E-state index contributed by atoms with van der Waals surface area (Å²) in [4.78, 5) is 33.9. The largest absolute Gasteiger partial charge is 0.354 e. The Bertz CT molecular complexity index is 716.